The van der Waals surface area contributed by atoms with Crippen LogP contribution in [0.1, 0.15) is 43.6 Å². The maximum atomic E-state index is 12.7. The number of carboxylic acids is 1. The highest BCUT2D eigenvalue weighted by molar-refractivity contribution is 5.97. The van der Waals surface area contributed by atoms with E-state index in [4.69, 9.17) is 9.47 Å². The minimum atomic E-state index is -1.01. The van der Waals surface area contributed by atoms with E-state index in [0.29, 0.717) is 36.7 Å². The molecule has 0 aromatic heterocycles. The Morgan fingerprint density at radius 1 is 1.15 bits per heavy atom. The third-order valence-electron chi connectivity index (χ3n) is 5.31. The Hall–Kier alpha value is -3.80. The van der Waals surface area contributed by atoms with Crippen LogP contribution in [0, 0.1) is 0 Å². The van der Waals surface area contributed by atoms with E-state index in [9.17, 15) is 14.7 Å². The number of morpholine rings is 1. The van der Waals surface area contributed by atoms with Gasteiger partial charge in [-0.25, -0.2) is 9.59 Å². The Labute approximate surface area is 200 Å². The average Bonchev–Trinajstić information content (AvgIpc) is 2.79. The molecule has 0 atom stereocenters. The van der Waals surface area contributed by atoms with Gasteiger partial charge in [0.1, 0.15) is 18.0 Å². The molecule has 1 fully saturated rings. The van der Waals surface area contributed by atoms with Crippen LogP contribution in [0.2, 0.25) is 0 Å². The summed E-state index contributed by atoms with van der Waals surface area (Å²) >= 11 is 0. The molecule has 6 heteroatoms. The van der Waals surface area contributed by atoms with E-state index >= 15 is 0 Å². The maximum Gasteiger partial charge on any atom is 0.339 e. The minimum Gasteiger partial charge on any atom is -0.490 e. The van der Waals surface area contributed by atoms with Gasteiger partial charge in [-0.2, -0.15) is 0 Å². The lowest BCUT2D eigenvalue weighted by molar-refractivity contribution is -0.132. The van der Waals surface area contributed by atoms with Crippen molar-refractivity contribution in [3.63, 3.8) is 0 Å². The number of carbonyl (C=O) groups excluding carboxylic acids is 1. The zero-order valence-electron chi connectivity index (χ0n) is 20.1. The molecular weight excluding hydrogens is 430 g/mol. The van der Waals surface area contributed by atoms with E-state index < -0.39 is 11.6 Å². The Kier molecular flexibility index (Phi) is 7.61. The van der Waals surface area contributed by atoms with Gasteiger partial charge in [0, 0.05) is 6.54 Å². The van der Waals surface area contributed by atoms with Crippen LogP contribution in [0.15, 0.2) is 84.3 Å². The third kappa shape index (κ3) is 6.16. The molecule has 3 rings (SSSR count). The first-order chi connectivity index (χ1) is 16.1. The van der Waals surface area contributed by atoms with Crippen molar-refractivity contribution in [1.82, 2.24) is 4.90 Å². The molecule has 0 unspecified atom stereocenters. The van der Waals surface area contributed by atoms with E-state index in [1.807, 2.05) is 63.2 Å². The van der Waals surface area contributed by atoms with Gasteiger partial charge in [0.2, 0.25) is 0 Å². The number of hydrogen-bond donors (Lipinski definition) is 1. The second kappa shape index (κ2) is 10.4. The van der Waals surface area contributed by atoms with Crippen molar-refractivity contribution >= 4 is 11.9 Å². The Balaban J connectivity index is 1.77. The van der Waals surface area contributed by atoms with E-state index in [1.54, 1.807) is 13.0 Å². The number of benzene rings is 2. The largest absolute Gasteiger partial charge is 0.490 e. The lowest BCUT2D eigenvalue weighted by Crippen LogP contribution is -2.32. The topological polar surface area (TPSA) is 76.1 Å². The van der Waals surface area contributed by atoms with E-state index in [-0.39, 0.29) is 11.5 Å². The Bertz CT molecular complexity index is 1140. The number of carboxylic acid groups (broad SMARTS) is 1. The van der Waals surface area contributed by atoms with Crippen molar-refractivity contribution in [3.8, 4) is 11.1 Å². The van der Waals surface area contributed by atoms with Gasteiger partial charge < -0.3 is 19.5 Å². The number of ether oxygens (including phenoxy) is 2. The lowest BCUT2D eigenvalue weighted by atomic mass is 9.98. The highest BCUT2D eigenvalue weighted by Gasteiger charge is 2.22. The van der Waals surface area contributed by atoms with Crippen molar-refractivity contribution in [1.29, 1.82) is 0 Å². The zero-order valence-corrected chi connectivity index (χ0v) is 20.1. The third-order valence-corrected chi connectivity index (χ3v) is 5.31. The van der Waals surface area contributed by atoms with Crippen LogP contribution in [0.5, 0.6) is 0 Å². The summed E-state index contributed by atoms with van der Waals surface area (Å²) in [4.78, 5) is 26.1. The van der Waals surface area contributed by atoms with Crippen molar-refractivity contribution < 1.29 is 24.2 Å². The first kappa shape index (κ1) is 24.8. The van der Waals surface area contributed by atoms with Crippen LogP contribution in [0.4, 0.5) is 0 Å². The molecule has 2 aromatic carbocycles. The van der Waals surface area contributed by atoms with Crippen molar-refractivity contribution in [2.45, 2.75) is 39.8 Å². The van der Waals surface area contributed by atoms with Crippen LogP contribution >= 0.6 is 0 Å². The highest BCUT2D eigenvalue weighted by Crippen LogP contribution is 2.28. The van der Waals surface area contributed by atoms with Crippen LogP contribution < -0.4 is 0 Å². The lowest BCUT2D eigenvalue weighted by Gasteiger charge is -2.33. The van der Waals surface area contributed by atoms with Gasteiger partial charge in [0.25, 0.3) is 0 Å². The standard InChI is InChI=1S/C28H31NO5/c1-6-21(26(30)31)17-25-19(2)29(15-16-33-25)18-20-11-13-22(14-12-20)23-9-7-8-10-24(23)27(32)34-28(3,4)5/h6-14,17H,2,15-16,18H2,1,3-5H3,(H,30,31)/b21-6+,25-17+. The van der Waals surface area contributed by atoms with Gasteiger partial charge in [-0.3, -0.25) is 0 Å². The monoisotopic (exact) mass is 461 g/mol. The van der Waals surface area contributed by atoms with Crippen LogP contribution in [-0.2, 0) is 20.8 Å². The van der Waals surface area contributed by atoms with Gasteiger partial charge in [0.15, 0.2) is 0 Å². The smallest absolute Gasteiger partial charge is 0.339 e. The normalized spacial score (nSPS) is 15.8. The predicted octanol–water partition coefficient (Wildman–Crippen LogP) is 5.57. The fourth-order valence-corrected chi connectivity index (χ4v) is 3.61. The molecular formula is C28H31NO5. The molecule has 1 heterocycles. The van der Waals surface area contributed by atoms with Gasteiger partial charge in [0.05, 0.1) is 23.4 Å². The van der Waals surface area contributed by atoms with E-state index in [1.165, 1.54) is 12.2 Å². The maximum absolute atomic E-state index is 12.7. The van der Waals surface area contributed by atoms with Gasteiger partial charge in [-0.05, 0) is 56.5 Å². The molecule has 1 N–H and O–H groups in total. The summed E-state index contributed by atoms with van der Waals surface area (Å²) in [6, 6.07) is 15.4. The fourth-order valence-electron chi connectivity index (χ4n) is 3.61. The summed E-state index contributed by atoms with van der Waals surface area (Å²) in [6.45, 7) is 13.0. The van der Waals surface area contributed by atoms with Gasteiger partial charge in [-0.15, -0.1) is 0 Å². The second-order valence-corrected chi connectivity index (χ2v) is 9.02. The number of hydrogen-bond acceptors (Lipinski definition) is 5. The van der Waals surface area contributed by atoms with Crippen molar-refractivity contribution in [3.05, 3.63) is 95.4 Å². The quantitative estimate of drug-likeness (QED) is 0.448. The van der Waals surface area contributed by atoms with Crippen LogP contribution in [0.25, 0.3) is 11.1 Å². The van der Waals surface area contributed by atoms with Crippen LogP contribution in [-0.4, -0.2) is 40.7 Å². The number of aliphatic carboxylic acids is 1. The summed E-state index contributed by atoms with van der Waals surface area (Å²) in [6.07, 6.45) is 3.03. The molecule has 0 aliphatic carbocycles. The Morgan fingerprint density at radius 2 is 1.82 bits per heavy atom. The molecule has 0 bridgehead atoms. The molecule has 1 aliphatic rings. The number of rotatable bonds is 6. The molecule has 34 heavy (non-hydrogen) atoms. The molecule has 1 aliphatic heterocycles. The summed E-state index contributed by atoms with van der Waals surface area (Å²) in [5, 5.41) is 9.28. The molecule has 0 radical (unpaired) electrons. The van der Waals surface area contributed by atoms with Gasteiger partial charge >= 0.3 is 11.9 Å². The van der Waals surface area contributed by atoms with E-state index in [0.717, 1.165) is 16.7 Å². The van der Waals surface area contributed by atoms with Crippen LogP contribution in [0.3, 0.4) is 0 Å². The predicted molar refractivity (Wildman–Crippen MR) is 132 cm³/mol. The molecule has 2 aromatic rings. The zero-order chi connectivity index (χ0) is 24.9. The molecule has 6 nitrogen and oxygen atoms in total. The van der Waals surface area contributed by atoms with Crippen molar-refractivity contribution in [2.24, 2.45) is 0 Å². The number of allylic oxidation sites excluding steroid dienone is 1. The Morgan fingerprint density at radius 3 is 2.44 bits per heavy atom. The van der Waals surface area contributed by atoms with Gasteiger partial charge in [-0.1, -0.05) is 55.1 Å². The molecule has 178 valence electrons. The van der Waals surface area contributed by atoms with E-state index in [2.05, 4.69) is 11.5 Å². The molecule has 0 amide bonds. The molecule has 1 saturated heterocycles. The number of esters is 1. The minimum absolute atomic E-state index is 0.158. The molecule has 0 saturated carbocycles. The summed E-state index contributed by atoms with van der Waals surface area (Å²) in [5.41, 5.74) is 3.56. The fraction of sp³-hybridized carbons (Fsp3) is 0.286. The highest BCUT2D eigenvalue weighted by atomic mass is 16.6. The number of carbonyl (C=O) groups is 2. The van der Waals surface area contributed by atoms with Crippen molar-refractivity contribution in [2.75, 3.05) is 13.2 Å². The SMILES string of the molecule is C=C1/C(=C\C(=C/C)C(=O)O)OCCN1Cc1ccc(-c2ccccc2C(=O)OC(C)(C)C)cc1. The average molecular weight is 462 g/mol. The summed E-state index contributed by atoms with van der Waals surface area (Å²) in [7, 11) is 0. The first-order valence-corrected chi connectivity index (χ1v) is 11.2. The summed E-state index contributed by atoms with van der Waals surface area (Å²) < 4.78 is 11.2. The second-order valence-electron chi connectivity index (χ2n) is 9.02. The first-order valence-electron chi connectivity index (χ1n) is 11.2. The number of nitrogens with zero attached hydrogens (tertiary/aromatic N) is 1. The summed E-state index contributed by atoms with van der Waals surface area (Å²) in [5.74, 6) is -0.895. The molecule has 0 spiro atoms.